The van der Waals surface area contributed by atoms with E-state index in [0.717, 1.165) is 0 Å². The summed E-state index contributed by atoms with van der Waals surface area (Å²) < 4.78 is 0. The van der Waals surface area contributed by atoms with Crippen molar-refractivity contribution in [3.63, 3.8) is 0 Å². The van der Waals surface area contributed by atoms with Gasteiger partial charge in [0.15, 0.2) is 0 Å². The minimum atomic E-state index is -0.565. The predicted molar refractivity (Wildman–Crippen MR) is 52.1 cm³/mol. The largest absolute Gasteiger partial charge is 2.00 e. The molecule has 0 aliphatic heterocycles. The van der Waals surface area contributed by atoms with E-state index in [0.29, 0.717) is 0 Å². The van der Waals surface area contributed by atoms with E-state index in [1.54, 1.807) is 51.8 Å². The zero-order valence-electron chi connectivity index (χ0n) is 9.57. The zero-order valence-corrected chi connectivity index (χ0v) is 11.0. The van der Waals surface area contributed by atoms with E-state index in [1.165, 1.54) is 0 Å². The Morgan fingerprint density at radius 3 is 0.846 bits per heavy atom. The van der Waals surface area contributed by atoms with Gasteiger partial charge in [0.05, 0.1) is 0 Å². The molecule has 0 saturated heterocycles. The minimum absolute atomic E-state index is 0. The van der Waals surface area contributed by atoms with Gasteiger partial charge in [-0.2, -0.15) is 0 Å². The molecule has 5 heteroatoms. The molecular formula is C8H20MgN2O2. The van der Waals surface area contributed by atoms with Crippen LogP contribution in [-0.2, 0) is 0 Å². The number of rotatable bonds is 2. The molecule has 76 valence electrons. The molecule has 0 N–H and O–H groups in total. The quantitative estimate of drug-likeness (QED) is 0.387. The maximum atomic E-state index is 10.2. The molecule has 0 spiro atoms. The van der Waals surface area contributed by atoms with Crippen LogP contribution in [-0.4, -0.2) is 73.5 Å². The van der Waals surface area contributed by atoms with Crippen LogP contribution in [0.3, 0.4) is 0 Å². The molecule has 4 nitrogen and oxygen atoms in total. The van der Waals surface area contributed by atoms with E-state index in [9.17, 15) is 10.2 Å². The fourth-order valence-electron chi connectivity index (χ4n) is 0. The molecule has 2 atom stereocenters. The molecule has 0 fully saturated rings. The van der Waals surface area contributed by atoms with Gasteiger partial charge in [-0.1, -0.05) is 26.3 Å². The van der Waals surface area contributed by atoms with Crippen LogP contribution < -0.4 is 10.2 Å². The van der Waals surface area contributed by atoms with Gasteiger partial charge in [0, 0.05) is 0 Å². The monoisotopic (exact) mass is 200 g/mol. The van der Waals surface area contributed by atoms with Gasteiger partial charge in [0.25, 0.3) is 0 Å². The van der Waals surface area contributed by atoms with Crippen molar-refractivity contribution < 1.29 is 10.2 Å². The fourth-order valence-corrected chi connectivity index (χ4v) is 0. The average molecular weight is 201 g/mol. The third-order valence-corrected chi connectivity index (χ3v) is 1.45. The van der Waals surface area contributed by atoms with Crippen LogP contribution in [0.25, 0.3) is 0 Å². The van der Waals surface area contributed by atoms with E-state index in [4.69, 9.17) is 0 Å². The summed E-state index contributed by atoms with van der Waals surface area (Å²) >= 11 is 0. The molecule has 0 heterocycles. The van der Waals surface area contributed by atoms with E-state index < -0.39 is 12.5 Å². The summed E-state index contributed by atoms with van der Waals surface area (Å²) in [4.78, 5) is 3.22. The summed E-state index contributed by atoms with van der Waals surface area (Å²) in [6.45, 7) is 3.22. The fraction of sp³-hybridized carbons (Fsp3) is 1.00. The van der Waals surface area contributed by atoms with Gasteiger partial charge in [-0.3, -0.25) is 0 Å². The number of nitrogens with zero attached hydrogens (tertiary/aromatic N) is 2. The Morgan fingerprint density at radius 1 is 0.769 bits per heavy atom. The van der Waals surface area contributed by atoms with Crippen molar-refractivity contribution in [3.05, 3.63) is 0 Å². The van der Waals surface area contributed by atoms with Gasteiger partial charge in [0.1, 0.15) is 0 Å². The van der Waals surface area contributed by atoms with Crippen LogP contribution in [0.4, 0.5) is 0 Å². The Labute approximate surface area is 97.7 Å². The molecule has 0 aliphatic carbocycles. The van der Waals surface area contributed by atoms with Gasteiger partial charge < -0.3 is 20.0 Å². The van der Waals surface area contributed by atoms with Crippen LogP contribution in [0.15, 0.2) is 0 Å². The maximum Gasteiger partial charge on any atom is 2.00 e. The van der Waals surface area contributed by atoms with Gasteiger partial charge >= 0.3 is 23.1 Å². The number of hydrogen-bond acceptors (Lipinski definition) is 4. The molecule has 0 radical (unpaired) electrons. The zero-order chi connectivity index (χ0) is 10.3. The third kappa shape index (κ3) is 19.1. The van der Waals surface area contributed by atoms with Crippen molar-refractivity contribution in [2.75, 3.05) is 28.2 Å². The molecule has 0 aromatic heterocycles. The minimum Gasteiger partial charge on any atom is -0.841 e. The first-order chi connectivity index (χ1) is 5.29. The predicted octanol–water partition coefficient (Wildman–Crippen LogP) is -1.87. The second kappa shape index (κ2) is 10.7. The van der Waals surface area contributed by atoms with Crippen molar-refractivity contribution in [1.29, 1.82) is 0 Å². The molecule has 0 rings (SSSR count). The van der Waals surface area contributed by atoms with Crippen LogP contribution in [0.1, 0.15) is 13.8 Å². The molecule has 0 aliphatic rings. The second-order valence-corrected chi connectivity index (χ2v) is 3.13. The summed E-state index contributed by atoms with van der Waals surface area (Å²) in [5, 5.41) is 20.3. The Morgan fingerprint density at radius 2 is 0.846 bits per heavy atom. The van der Waals surface area contributed by atoms with Gasteiger partial charge in [-0.25, -0.2) is 0 Å². The Kier molecular flexibility index (Phi) is 15.8. The van der Waals surface area contributed by atoms with Crippen molar-refractivity contribution in [2.45, 2.75) is 26.3 Å². The summed E-state index contributed by atoms with van der Waals surface area (Å²) in [5.74, 6) is 0. The van der Waals surface area contributed by atoms with Crippen LogP contribution >= 0.6 is 0 Å². The topological polar surface area (TPSA) is 52.6 Å². The summed E-state index contributed by atoms with van der Waals surface area (Å²) in [6, 6.07) is 0. The summed E-state index contributed by atoms with van der Waals surface area (Å²) in [5.41, 5.74) is 0. The first kappa shape index (κ1) is 19.2. The first-order valence-corrected chi connectivity index (χ1v) is 3.93. The van der Waals surface area contributed by atoms with E-state index >= 15 is 0 Å². The molecule has 0 aromatic rings. The summed E-state index contributed by atoms with van der Waals surface area (Å²) in [7, 11) is 7.05. The Hall–Kier alpha value is 0.606. The van der Waals surface area contributed by atoms with Gasteiger partial charge in [-0.05, 0) is 28.2 Å². The van der Waals surface area contributed by atoms with Crippen LogP contribution in [0, 0.1) is 0 Å². The SMILES string of the molecule is CC([O-])N(C)C.CC([O-])N(C)C.[Mg+2]. The smallest absolute Gasteiger partial charge is 0.841 e. The van der Waals surface area contributed by atoms with E-state index in [2.05, 4.69) is 0 Å². The molecule has 0 saturated carbocycles. The van der Waals surface area contributed by atoms with Gasteiger partial charge in [0.2, 0.25) is 0 Å². The molecule has 0 amide bonds. The van der Waals surface area contributed by atoms with E-state index in [1.807, 2.05) is 0 Å². The molecular weight excluding hydrogens is 180 g/mol. The van der Waals surface area contributed by atoms with Crippen LogP contribution in [0.2, 0.25) is 0 Å². The standard InChI is InChI=1S/2C4H10NO.Mg/c2*1-4(6)5(2)3;/h2*4H,1-3H3;/q2*-1;+2. The average Bonchev–Trinajstić information content (AvgIpc) is 1.88. The summed E-state index contributed by atoms with van der Waals surface area (Å²) in [6.07, 6.45) is -1.13. The molecule has 2 unspecified atom stereocenters. The third-order valence-electron chi connectivity index (χ3n) is 1.45. The second-order valence-electron chi connectivity index (χ2n) is 3.13. The van der Waals surface area contributed by atoms with E-state index in [-0.39, 0.29) is 23.1 Å². The Bertz CT molecular complexity index is 74.1. The van der Waals surface area contributed by atoms with Crippen molar-refractivity contribution in [3.8, 4) is 0 Å². The Balaban J connectivity index is -0.000000143. The first-order valence-electron chi connectivity index (χ1n) is 3.93. The van der Waals surface area contributed by atoms with Crippen molar-refractivity contribution >= 4 is 23.1 Å². The van der Waals surface area contributed by atoms with Crippen LogP contribution in [0.5, 0.6) is 0 Å². The van der Waals surface area contributed by atoms with Crippen molar-refractivity contribution in [2.24, 2.45) is 0 Å². The van der Waals surface area contributed by atoms with Gasteiger partial charge in [-0.15, -0.1) is 0 Å². The molecule has 0 bridgehead atoms. The number of hydrogen-bond donors (Lipinski definition) is 0. The van der Waals surface area contributed by atoms with Crippen molar-refractivity contribution in [1.82, 2.24) is 9.80 Å². The normalized spacial score (nSPS) is 14.3. The maximum absolute atomic E-state index is 10.2. The molecule has 13 heavy (non-hydrogen) atoms. The molecule has 0 aromatic carbocycles.